The van der Waals surface area contributed by atoms with Gasteiger partial charge in [0.15, 0.2) is 12.4 Å². The fourth-order valence-electron chi connectivity index (χ4n) is 2.07. The molecule has 0 radical (unpaired) electrons. The van der Waals surface area contributed by atoms with Crippen LogP contribution in [0.3, 0.4) is 0 Å². The van der Waals surface area contributed by atoms with Crippen LogP contribution in [0.2, 0.25) is 0 Å². The van der Waals surface area contributed by atoms with Crippen LogP contribution in [-0.4, -0.2) is 36.5 Å². The summed E-state index contributed by atoms with van der Waals surface area (Å²) in [6, 6.07) is 13.3. The molecule has 0 N–H and O–H groups in total. The maximum Gasteiger partial charge on any atom is 0.310 e. The molecule has 0 aliphatic carbocycles. The molecule has 0 aromatic heterocycles. The molecule has 2 aromatic rings. The number of nitrogens with zero attached hydrogens (tertiary/aromatic N) is 2. The van der Waals surface area contributed by atoms with Gasteiger partial charge in [-0.05, 0) is 23.8 Å². The van der Waals surface area contributed by atoms with E-state index in [1.807, 2.05) is 24.3 Å². The van der Waals surface area contributed by atoms with Crippen LogP contribution in [0.25, 0.3) is 0 Å². The topological polar surface area (TPSA) is 81.9 Å². The van der Waals surface area contributed by atoms with Crippen molar-refractivity contribution < 1.29 is 19.2 Å². The van der Waals surface area contributed by atoms with E-state index in [1.165, 1.54) is 17.0 Å². The molecule has 0 heterocycles. The van der Waals surface area contributed by atoms with Gasteiger partial charge in [0.25, 0.3) is 5.91 Å². The number of ether oxygens (including phenoxy) is 2. The van der Waals surface area contributed by atoms with Gasteiger partial charge in [0.1, 0.15) is 5.75 Å². The third kappa shape index (κ3) is 4.45. The number of nitro groups is 1. The molecule has 0 spiro atoms. The highest BCUT2D eigenvalue weighted by Gasteiger charge is 2.16. The highest BCUT2D eigenvalue weighted by atomic mass is 16.6. The lowest BCUT2D eigenvalue weighted by Gasteiger charge is -2.17. The molecule has 0 aliphatic heterocycles. The Morgan fingerprint density at radius 3 is 2.46 bits per heavy atom. The van der Waals surface area contributed by atoms with Gasteiger partial charge in [-0.2, -0.15) is 0 Å². The van der Waals surface area contributed by atoms with E-state index >= 15 is 0 Å². The summed E-state index contributed by atoms with van der Waals surface area (Å²) in [5.41, 5.74) is 0.778. The Morgan fingerprint density at radius 1 is 1.17 bits per heavy atom. The van der Waals surface area contributed by atoms with Crippen molar-refractivity contribution in [3.63, 3.8) is 0 Å². The maximum absolute atomic E-state index is 12.1. The van der Waals surface area contributed by atoms with Crippen LogP contribution in [0, 0.1) is 10.1 Å². The molecule has 0 fully saturated rings. The molecular weight excluding hydrogens is 312 g/mol. The molecule has 2 aromatic carbocycles. The van der Waals surface area contributed by atoms with Gasteiger partial charge in [-0.15, -0.1) is 0 Å². The summed E-state index contributed by atoms with van der Waals surface area (Å²) in [5, 5.41) is 10.9. The highest BCUT2D eigenvalue weighted by molar-refractivity contribution is 5.77. The average molecular weight is 330 g/mol. The summed E-state index contributed by atoms with van der Waals surface area (Å²) in [4.78, 5) is 24.0. The quantitative estimate of drug-likeness (QED) is 0.576. The molecule has 24 heavy (non-hydrogen) atoms. The van der Waals surface area contributed by atoms with Crippen molar-refractivity contribution >= 4 is 11.6 Å². The van der Waals surface area contributed by atoms with E-state index < -0.39 is 4.92 Å². The normalized spacial score (nSPS) is 10.1. The predicted molar refractivity (Wildman–Crippen MR) is 88.1 cm³/mol. The number of carbonyl (C=O) groups is 1. The van der Waals surface area contributed by atoms with E-state index in [0.29, 0.717) is 6.54 Å². The Balaban J connectivity index is 1.93. The van der Waals surface area contributed by atoms with Gasteiger partial charge < -0.3 is 14.4 Å². The minimum absolute atomic E-state index is 0.0775. The monoisotopic (exact) mass is 330 g/mol. The van der Waals surface area contributed by atoms with Crippen molar-refractivity contribution in [2.75, 3.05) is 20.8 Å². The van der Waals surface area contributed by atoms with Crippen molar-refractivity contribution in [1.82, 2.24) is 4.90 Å². The van der Waals surface area contributed by atoms with Gasteiger partial charge in [0, 0.05) is 19.7 Å². The standard InChI is InChI=1S/C17H18N2O5/c1-18(11-13-7-9-14(23-2)10-8-13)17(20)12-24-16-6-4-3-5-15(16)19(21)22/h3-10H,11-12H2,1-2H3. The number of carbonyl (C=O) groups excluding carboxylic acids is 1. The first-order valence-corrected chi connectivity index (χ1v) is 7.24. The summed E-state index contributed by atoms with van der Waals surface area (Å²) in [7, 11) is 3.24. The van der Waals surface area contributed by atoms with Crippen LogP contribution >= 0.6 is 0 Å². The molecular formula is C17H18N2O5. The van der Waals surface area contributed by atoms with E-state index in [2.05, 4.69) is 0 Å². The SMILES string of the molecule is COc1ccc(CN(C)C(=O)COc2ccccc2[N+](=O)[O-])cc1. The smallest absolute Gasteiger partial charge is 0.310 e. The number of benzene rings is 2. The average Bonchev–Trinajstić information content (AvgIpc) is 2.60. The fraction of sp³-hybridized carbons (Fsp3) is 0.235. The number of rotatable bonds is 7. The van der Waals surface area contributed by atoms with E-state index in [0.717, 1.165) is 11.3 Å². The summed E-state index contributed by atoms with van der Waals surface area (Å²) < 4.78 is 10.4. The van der Waals surface area contributed by atoms with Gasteiger partial charge in [-0.3, -0.25) is 14.9 Å². The second kappa shape index (κ2) is 7.96. The largest absolute Gasteiger partial charge is 0.497 e. The Hall–Kier alpha value is -3.09. The first-order valence-electron chi connectivity index (χ1n) is 7.24. The molecule has 0 unspecified atom stereocenters. The summed E-state index contributed by atoms with van der Waals surface area (Å²) in [6.07, 6.45) is 0. The second-order valence-corrected chi connectivity index (χ2v) is 5.11. The summed E-state index contributed by atoms with van der Waals surface area (Å²) >= 11 is 0. The Bertz CT molecular complexity index is 715. The molecule has 0 atom stereocenters. The van der Waals surface area contributed by atoms with Gasteiger partial charge in [-0.1, -0.05) is 24.3 Å². The van der Waals surface area contributed by atoms with Crippen LogP contribution in [0.4, 0.5) is 5.69 Å². The predicted octanol–water partition coefficient (Wildman–Crippen LogP) is 2.64. The van der Waals surface area contributed by atoms with Gasteiger partial charge in [-0.25, -0.2) is 0 Å². The number of hydrogen-bond donors (Lipinski definition) is 0. The molecule has 7 heteroatoms. The van der Waals surface area contributed by atoms with E-state index in [4.69, 9.17) is 9.47 Å². The number of likely N-dealkylation sites (N-methyl/N-ethyl adjacent to an activating group) is 1. The molecule has 0 saturated heterocycles. The zero-order valence-electron chi connectivity index (χ0n) is 13.5. The molecule has 0 aliphatic rings. The van der Waals surface area contributed by atoms with Crippen molar-refractivity contribution in [3.8, 4) is 11.5 Å². The van der Waals surface area contributed by atoms with E-state index in [1.54, 1.807) is 26.3 Å². The number of nitro benzene ring substituents is 1. The number of para-hydroxylation sites is 2. The van der Waals surface area contributed by atoms with Crippen molar-refractivity contribution in [1.29, 1.82) is 0 Å². The zero-order chi connectivity index (χ0) is 17.5. The fourth-order valence-corrected chi connectivity index (χ4v) is 2.07. The van der Waals surface area contributed by atoms with Gasteiger partial charge in [0.2, 0.25) is 0 Å². The Morgan fingerprint density at radius 2 is 1.83 bits per heavy atom. The lowest BCUT2D eigenvalue weighted by atomic mass is 10.2. The minimum Gasteiger partial charge on any atom is -0.497 e. The molecule has 126 valence electrons. The van der Waals surface area contributed by atoms with Gasteiger partial charge in [0.05, 0.1) is 12.0 Å². The number of methoxy groups -OCH3 is 1. The molecule has 7 nitrogen and oxygen atoms in total. The minimum atomic E-state index is -0.541. The Labute approximate surface area is 139 Å². The lowest BCUT2D eigenvalue weighted by molar-refractivity contribution is -0.385. The number of hydrogen-bond acceptors (Lipinski definition) is 5. The van der Waals surface area contributed by atoms with Crippen LogP contribution in [0.15, 0.2) is 48.5 Å². The van der Waals surface area contributed by atoms with E-state index in [-0.39, 0.29) is 24.0 Å². The maximum atomic E-state index is 12.1. The Kier molecular flexibility index (Phi) is 5.73. The first kappa shape index (κ1) is 17.3. The zero-order valence-corrected chi connectivity index (χ0v) is 13.5. The molecule has 2 rings (SSSR count). The van der Waals surface area contributed by atoms with E-state index in [9.17, 15) is 14.9 Å². The number of amides is 1. The molecule has 0 saturated carbocycles. The first-order chi connectivity index (χ1) is 11.5. The second-order valence-electron chi connectivity index (χ2n) is 5.11. The van der Waals surface area contributed by atoms with Crippen molar-refractivity contribution in [3.05, 3.63) is 64.2 Å². The van der Waals surface area contributed by atoms with Gasteiger partial charge >= 0.3 is 5.69 Å². The third-order valence-electron chi connectivity index (χ3n) is 3.42. The molecule has 1 amide bonds. The van der Waals surface area contributed by atoms with Crippen molar-refractivity contribution in [2.45, 2.75) is 6.54 Å². The van der Waals surface area contributed by atoms with Crippen LogP contribution in [-0.2, 0) is 11.3 Å². The van der Waals surface area contributed by atoms with Crippen LogP contribution in [0.5, 0.6) is 11.5 Å². The third-order valence-corrected chi connectivity index (χ3v) is 3.42. The van der Waals surface area contributed by atoms with Crippen LogP contribution in [0.1, 0.15) is 5.56 Å². The highest BCUT2D eigenvalue weighted by Crippen LogP contribution is 2.25. The summed E-state index contributed by atoms with van der Waals surface area (Å²) in [5.74, 6) is 0.546. The van der Waals surface area contributed by atoms with Crippen LogP contribution < -0.4 is 9.47 Å². The summed E-state index contributed by atoms with van der Waals surface area (Å²) in [6.45, 7) is 0.139. The lowest BCUT2D eigenvalue weighted by Crippen LogP contribution is -2.31. The van der Waals surface area contributed by atoms with Crippen molar-refractivity contribution in [2.24, 2.45) is 0 Å². The molecule has 0 bridgehead atoms.